The van der Waals surface area contributed by atoms with Crippen molar-refractivity contribution in [2.75, 3.05) is 11.4 Å². The molecule has 2 saturated carbocycles. The topological polar surface area (TPSA) is 84.0 Å². The van der Waals surface area contributed by atoms with Crippen molar-refractivity contribution in [3.63, 3.8) is 0 Å². The van der Waals surface area contributed by atoms with Crippen LogP contribution in [0.2, 0.25) is 0 Å². The van der Waals surface area contributed by atoms with E-state index >= 15 is 0 Å². The Morgan fingerprint density at radius 1 is 0.912 bits per heavy atom. The van der Waals surface area contributed by atoms with Crippen molar-refractivity contribution in [3.8, 4) is 5.75 Å². The molecule has 0 unspecified atom stereocenters. The van der Waals surface area contributed by atoms with Gasteiger partial charge >= 0.3 is 5.97 Å². The van der Waals surface area contributed by atoms with Crippen molar-refractivity contribution in [1.29, 1.82) is 0 Å². The molecule has 2 heterocycles. The first kappa shape index (κ1) is 21.1. The quantitative estimate of drug-likeness (QED) is 0.390. The van der Waals surface area contributed by atoms with Crippen LogP contribution in [0.3, 0.4) is 0 Å². The average molecular weight is 459 g/mol. The Balaban J connectivity index is 1.14. The number of anilines is 1. The highest BCUT2D eigenvalue weighted by Crippen LogP contribution is 2.56. The molecule has 7 heteroatoms. The monoisotopic (exact) mass is 458 g/mol. The normalized spacial score (nSPS) is 29.8. The molecule has 0 spiro atoms. The molecule has 0 N–H and O–H groups in total. The number of benzene rings is 2. The third-order valence-electron chi connectivity index (χ3n) is 7.99. The molecule has 4 aliphatic rings. The highest BCUT2D eigenvalue weighted by atomic mass is 16.5. The second-order valence-electron chi connectivity index (χ2n) is 9.98. The van der Waals surface area contributed by atoms with E-state index in [4.69, 9.17) is 4.74 Å². The van der Waals surface area contributed by atoms with E-state index in [1.54, 1.807) is 29.2 Å². The summed E-state index contributed by atoms with van der Waals surface area (Å²) in [5.41, 5.74) is 1.46. The maximum absolute atomic E-state index is 13.1. The molecule has 6 rings (SSSR count). The molecule has 2 aliphatic heterocycles. The van der Waals surface area contributed by atoms with E-state index in [0.717, 1.165) is 24.8 Å². The van der Waals surface area contributed by atoms with Crippen molar-refractivity contribution >= 4 is 29.4 Å². The van der Waals surface area contributed by atoms with Crippen LogP contribution in [0.25, 0.3) is 0 Å². The lowest BCUT2D eigenvalue weighted by Crippen LogP contribution is -2.32. The van der Waals surface area contributed by atoms with Crippen molar-refractivity contribution < 1.29 is 23.9 Å². The first-order valence-electron chi connectivity index (χ1n) is 12.0. The molecular weight excluding hydrogens is 432 g/mol. The largest absolute Gasteiger partial charge is 0.426 e. The van der Waals surface area contributed by atoms with E-state index in [9.17, 15) is 19.2 Å². The van der Waals surface area contributed by atoms with Crippen LogP contribution < -0.4 is 9.64 Å². The summed E-state index contributed by atoms with van der Waals surface area (Å²) in [7, 11) is 0. The second-order valence-corrected chi connectivity index (χ2v) is 9.98. The van der Waals surface area contributed by atoms with Crippen molar-refractivity contribution in [2.45, 2.75) is 32.2 Å². The van der Waals surface area contributed by atoms with Gasteiger partial charge in [0.05, 0.1) is 23.4 Å². The molecule has 0 radical (unpaired) electrons. The lowest BCUT2D eigenvalue weighted by Gasteiger charge is -2.19. The van der Waals surface area contributed by atoms with Gasteiger partial charge in [0.25, 0.3) is 0 Å². The Hall–Kier alpha value is -3.48. The van der Waals surface area contributed by atoms with Crippen LogP contribution in [-0.4, -0.2) is 35.1 Å². The highest BCUT2D eigenvalue weighted by molar-refractivity contribution is 6.22. The standard InChI is InChI=1S/C27H26N2O5/c30-22-12-19(15-28(22)14-16-5-2-1-3-6-16)27(33)34-21-8-4-7-20(13-21)29-25(31)23-17-9-10-18(11-17)24(23)26(29)32/h1-8,13,17-19,23-24H,9-12,14-15H2/t17-,18-,19+,23-,24+/m0/s1. The molecular formula is C27H26N2O5. The summed E-state index contributed by atoms with van der Waals surface area (Å²) in [5.74, 6) is -0.833. The minimum Gasteiger partial charge on any atom is -0.426 e. The lowest BCUT2D eigenvalue weighted by molar-refractivity contribution is -0.139. The maximum atomic E-state index is 13.1. The molecule has 4 fully saturated rings. The molecule has 2 saturated heterocycles. The number of nitrogens with zero attached hydrogens (tertiary/aromatic N) is 2. The summed E-state index contributed by atoms with van der Waals surface area (Å²) >= 11 is 0. The van der Waals surface area contributed by atoms with E-state index in [0.29, 0.717) is 30.6 Å². The Morgan fingerprint density at radius 2 is 1.62 bits per heavy atom. The van der Waals surface area contributed by atoms with E-state index in [2.05, 4.69) is 0 Å². The molecule has 2 aromatic rings. The van der Waals surface area contributed by atoms with Crippen molar-refractivity contribution in [1.82, 2.24) is 4.90 Å². The van der Waals surface area contributed by atoms with Crippen LogP contribution in [0, 0.1) is 29.6 Å². The number of esters is 1. The van der Waals surface area contributed by atoms with Crippen LogP contribution in [0.5, 0.6) is 5.75 Å². The van der Waals surface area contributed by atoms with Crippen LogP contribution >= 0.6 is 0 Å². The molecule has 0 aromatic heterocycles. The predicted octanol–water partition coefficient (Wildman–Crippen LogP) is 3.18. The SMILES string of the molecule is O=C(Oc1cccc(N2C(=O)[C@@H]3[C@H]4CC[C@@H](C4)[C@@H]3C2=O)c1)[C@@H]1CC(=O)N(Cc2ccccc2)C1. The van der Waals surface area contributed by atoms with Crippen molar-refractivity contribution in [3.05, 3.63) is 60.2 Å². The van der Waals surface area contributed by atoms with Gasteiger partial charge in [0.1, 0.15) is 5.75 Å². The molecule has 2 aliphatic carbocycles. The van der Waals surface area contributed by atoms with E-state index < -0.39 is 11.9 Å². The number of hydrogen-bond donors (Lipinski definition) is 0. The summed E-state index contributed by atoms with van der Waals surface area (Å²) in [6, 6.07) is 16.3. The Morgan fingerprint density at radius 3 is 2.32 bits per heavy atom. The Kier molecular flexibility index (Phi) is 5.01. The fourth-order valence-electron chi connectivity index (χ4n) is 6.44. The van der Waals surface area contributed by atoms with Crippen LogP contribution in [0.4, 0.5) is 5.69 Å². The average Bonchev–Trinajstić information content (AvgIpc) is 3.59. The summed E-state index contributed by atoms with van der Waals surface area (Å²) in [5, 5.41) is 0. The van der Waals surface area contributed by atoms with Gasteiger partial charge in [-0.25, -0.2) is 4.90 Å². The number of carbonyl (C=O) groups excluding carboxylic acids is 4. The summed E-state index contributed by atoms with van der Waals surface area (Å²) in [4.78, 5) is 54.4. The minimum absolute atomic E-state index is 0.0750. The lowest BCUT2D eigenvalue weighted by atomic mass is 9.81. The zero-order valence-electron chi connectivity index (χ0n) is 18.8. The Bertz CT molecular complexity index is 1150. The number of rotatable bonds is 5. The smallest absolute Gasteiger partial charge is 0.316 e. The number of ether oxygens (including phenoxy) is 1. The van der Waals surface area contributed by atoms with Gasteiger partial charge < -0.3 is 9.64 Å². The van der Waals surface area contributed by atoms with E-state index in [1.165, 1.54) is 4.90 Å². The highest BCUT2D eigenvalue weighted by Gasteiger charge is 2.61. The van der Waals surface area contributed by atoms with Gasteiger partial charge in [-0.15, -0.1) is 0 Å². The molecule has 7 nitrogen and oxygen atoms in total. The van der Waals surface area contributed by atoms with Gasteiger partial charge in [0, 0.05) is 25.6 Å². The first-order chi connectivity index (χ1) is 16.5. The van der Waals surface area contributed by atoms with E-state index in [1.807, 2.05) is 30.3 Å². The third kappa shape index (κ3) is 3.42. The van der Waals surface area contributed by atoms with Crippen LogP contribution in [0.1, 0.15) is 31.2 Å². The molecule has 174 valence electrons. The molecule has 2 bridgehead atoms. The fourth-order valence-corrected chi connectivity index (χ4v) is 6.44. The van der Waals surface area contributed by atoms with E-state index in [-0.39, 0.29) is 41.7 Å². The van der Waals surface area contributed by atoms with Gasteiger partial charge in [0.2, 0.25) is 17.7 Å². The van der Waals surface area contributed by atoms with Crippen LogP contribution in [-0.2, 0) is 25.7 Å². The zero-order chi connectivity index (χ0) is 23.4. The zero-order valence-corrected chi connectivity index (χ0v) is 18.8. The number of fused-ring (bicyclic) bond motifs is 5. The maximum Gasteiger partial charge on any atom is 0.316 e. The van der Waals surface area contributed by atoms with Gasteiger partial charge in [0.15, 0.2) is 0 Å². The van der Waals surface area contributed by atoms with Crippen molar-refractivity contribution in [2.24, 2.45) is 29.6 Å². The van der Waals surface area contributed by atoms with Gasteiger partial charge in [-0.2, -0.15) is 0 Å². The van der Waals surface area contributed by atoms with Gasteiger partial charge in [-0.3, -0.25) is 19.2 Å². The molecule has 3 amide bonds. The number of carbonyl (C=O) groups is 4. The summed E-state index contributed by atoms with van der Waals surface area (Å²) < 4.78 is 5.60. The third-order valence-corrected chi connectivity index (χ3v) is 7.99. The number of likely N-dealkylation sites (tertiary alicyclic amines) is 1. The fraction of sp³-hybridized carbons (Fsp3) is 0.407. The number of hydrogen-bond acceptors (Lipinski definition) is 5. The number of imide groups is 1. The summed E-state index contributed by atoms with van der Waals surface area (Å²) in [6.45, 7) is 0.768. The first-order valence-corrected chi connectivity index (χ1v) is 12.0. The van der Waals surface area contributed by atoms with Gasteiger partial charge in [-0.05, 0) is 48.8 Å². The number of amides is 3. The second kappa shape index (κ2) is 8.08. The minimum atomic E-state index is -0.551. The van der Waals surface area contributed by atoms with Gasteiger partial charge in [-0.1, -0.05) is 36.4 Å². The molecule has 2 aromatic carbocycles. The Labute approximate surface area is 197 Å². The molecule has 5 atom stereocenters. The summed E-state index contributed by atoms with van der Waals surface area (Å²) in [6.07, 6.45) is 3.15. The predicted molar refractivity (Wildman–Crippen MR) is 122 cm³/mol. The van der Waals surface area contributed by atoms with Crippen LogP contribution in [0.15, 0.2) is 54.6 Å². The molecule has 34 heavy (non-hydrogen) atoms.